The van der Waals surface area contributed by atoms with Gasteiger partial charge in [-0.15, -0.1) is 0 Å². The molecule has 0 radical (unpaired) electrons. The number of ether oxygens (including phenoxy) is 1. The topological polar surface area (TPSA) is 26.3 Å². The summed E-state index contributed by atoms with van der Waals surface area (Å²) in [5.74, 6) is -0.184. The molecule has 2 heteroatoms. The van der Waals surface area contributed by atoms with E-state index in [2.05, 4.69) is 48.5 Å². The third kappa shape index (κ3) is 4.23. The van der Waals surface area contributed by atoms with Crippen molar-refractivity contribution in [2.75, 3.05) is 0 Å². The Morgan fingerprint density at radius 1 is 0.750 bits per heavy atom. The second kappa shape index (κ2) is 8.71. The number of carbonyl (C=O) groups is 1. The highest BCUT2D eigenvalue weighted by Gasteiger charge is 2.28. The first-order chi connectivity index (χ1) is 13.8. The van der Waals surface area contributed by atoms with Gasteiger partial charge in [-0.3, -0.25) is 4.79 Å². The average molecular weight is 368 g/mol. The van der Waals surface area contributed by atoms with Crippen LogP contribution in [0.3, 0.4) is 0 Å². The molecule has 28 heavy (non-hydrogen) atoms. The fourth-order valence-electron chi connectivity index (χ4n) is 3.88. The smallest absolute Gasteiger partial charge is 0.309 e. The van der Waals surface area contributed by atoms with E-state index in [0.29, 0.717) is 6.61 Å². The highest BCUT2D eigenvalue weighted by atomic mass is 16.5. The van der Waals surface area contributed by atoms with Gasteiger partial charge in [-0.1, -0.05) is 91.0 Å². The second-order valence-corrected chi connectivity index (χ2v) is 7.22. The van der Waals surface area contributed by atoms with Gasteiger partial charge in [0.25, 0.3) is 0 Å². The molecule has 0 bridgehead atoms. The summed E-state index contributed by atoms with van der Waals surface area (Å²) in [6.45, 7) is 0.339. The highest BCUT2D eigenvalue weighted by Crippen LogP contribution is 2.41. The Bertz CT molecular complexity index is 943. The summed E-state index contributed by atoms with van der Waals surface area (Å²) in [4.78, 5) is 12.7. The molecule has 0 N–H and O–H groups in total. The maximum absolute atomic E-state index is 12.7. The van der Waals surface area contributed by atoms with Gasteiger partial charge in [0.2, 0.25) is 0 Å². The first-order valence-corrected chi connectivity index (χ1v) is 9.84. The molecule has 1 unspecified atom stereocenters. The van der Waals surface area contributed by atoms with Gasteiger partial charge in [-0.25, -0.2) is 0 Å². The first-order valence-electron chi connectivity index (χ1n) is 9.84. The van der Waals surface area contributed by atoms with Crippen molar-refractivity contribution in [3.05, 3.63) is 108 Å². The highest BCUT2D eigenvalue weighted by molar-refractivity contribution is 5.93. The molecule has 0 aromatic heterocycles. The van der Waals surface area contributed by atoms with Crippen LogP contribution in [-0.2, 0) is 16.1 Å². The molecule has 2 nitrogen and oxygen atoms in total. The predicted molar refractivity (Wildman–Crippen MR) is 113 cm³/mol. The van der Waals surface area contributed by atoms with Crippen LogP contribution in [0.25, 0.3) is 11.1 Å². The fourth-order valence-corrected chi connectivity index (χ4v) is 3.88. The normalized spacial score (nSPS) is 16.6. The van der Waals surface area contributed by atoms with Crippen molar-refractivity contribution in [2.45, 2.75) is 25.9 Å². The van der Waals surface area contributed by atoms with Crippen molar-refractivity contribution in [3.63, 3.8) is 0 Å². The molecule has 0 amide bonds. The Morgan fingerprint density at radius 2 is 1.29 bits per heavy atom. The van der Waals surface area contributed by atoms with Crippen LogP contribution >= 0.6 is 0 Å². The van der Waals surface area contributed by atoms with Crippen LogP contribution in [0.4, 0.5) is 0 Å². The lowest BCUT2D eigenvalue weighted by Crippen LogP contribution is -2.21. The van der Waals surface area contributed by atoms with E-state index < -0.39 is 0 Å². The van der Waals surface area contributed by atoms with Crippen LogP contribution in [0.5, 0.6) is 0 Å². The molecular formula is C26H24O2. The van der Waals surface area contributed by atoms with Crippen molar-refractivity contribution in [3.8, 4) is 0 Å². The van der Waals surface area contributed by atoms with E-state index in [1.54, 1.807) is 0 Å². The average Bonchev–Trinajstić information content (AvgIpc) is 2.79. The van der Waals surface area contributed by atoms with E-state index in [9.17, 15) is 4.79 Å². The number of hydrogen-bond donors (Lipinski definition) is 0. The minimum atomic E-state index is -0.0932. The van der Waals surface area contributed by atoms with Gasteiger partial charge in [-0.05, 0) is 47.1 Å². The lowest BCUT2D eigenvalue weighted by molar-refractivity contribution is -0.150. The Hall–Kier alpha value is -3.13. The molecule has 0 aliphatic heterocycles. The van der Waals surface area contributed by atoms with E-state index in [1.165, 1.54) is 22.3 Å². The number of carbonyl (C=O) groups excluding carboxylic acids is 1. The van der Waals surface area contributed by atoms with Gasteiger partial charge >= 0.3 is 5.97 Å². The summed E-state index contributed by atoms with van der Waals surface area (Å²) in [6, 6.07) is 30.8. The molecular weight excluding hydrogens is 344 g/mol. The number of benzene rings is 3. The summed E-state index contributed by atoms with van der Waals surface area (Å²) in [6.07, 6.45) is 2.44. The van der Waals surface area contributed by atoms with Gasteiger partial charge < -0.3 is 4.74 Å². The maximum atomic E-state index is 12.7. The number of rotatable bonds is 5. The van der Waals surface area contributed by atoms with E-state index >= 15 is 0 Å². The minimum absolute atomic E-state index is 0.0913. The molecule has 3 aromatic rings. The zero-order valence-corrected chi connectivity index (χ0v) is 15.9. The lowest BCUT2D eigenvalue weighted by Gasteiger charge is -2.27. The Labute approximate surface area is 166 Å². The Balaban J connectivity index is 1.56. The van der Waals surface area contributed by atoms with Crippen LogP contribution < -0.4 is 0 Å². The molecule has 0 saturated carbocycles. The van der Waals surface area contributed by atoms with Crippen molar-refractivity contribution < 1.29 is 9.53 Å². The second-order valence-electron chi connectivity index (χ2n) is 7.22. The molecule has 1 atom stereocenters. The van der Waals surface area contributed by atoms with Crippen LogP contribution in [0.15, 0.2) is 91.0 Å². The summed E-state index contributed by atoms with van der Waals surface area (Å²) in [7, 11) is 0. The van der Waals surface area contributed by atoms with Crippen molar-refractivity contribution in [2.24, 2.45) is 5.92 Å². The van der Waals surface area contributed by atoms with Crippen LogP contribution in [0, 0.1) is 5.92 Å². The molecule has 1 aliphatic rings. The number of esters is 1. The Morgan fingerprint density at radius 3 is 1.89 bits per heavy atom. The molecule has 0 heterocycles. The van der Waals surface area contributed by atoms with E-state index in [-0.39, 0.29) is 11.9 Å². The monoisotopic (exact) mass is 368 g/mol. The zero-order valence-electron chi connectivity index (χ0n) is 15.9. The maximum Gasteiger partial charge on any atom is 0.309 e. The molecule has 0 saturated heterocycles. The molecule has 3 aromatic carbocycles. The van der Waals surface area contributed by atoms with Crippen LogP contribution in [0.2, 0.25) is 0 Å². The SMILES string of the molecule is O=C(OCc1ccccc1)C1CCC(c2ccccc2)=C(c2ccccc2)C1. The summed E-state index contributed by atoms with van der Waals surface area (Å²) in [5, 5.41) is 0. The summed E-state index contributed by atoms with van der Waals surface area (Å²) < 4.78 is 5.63. The van der Waals surface area contributed by atoms with Gasteiger partial charge in [0, 0.05) is 0 Å². The fraction of sp³-hybridized carbons (Fsp3) is 0.192. The summed E-state index contributed by atoms with van der Waals surface area (Å²) in [5.41, 5.74) is 6.08. The van der Waals surface area contributed by atoms with Gasteiger partial charge in [0.05, 0.1) is 5.92 Å². The van der Waals surface area contributed by atoms with Crippen molar-refractivity contribution >= 4 is 17.1 Å². The third-order valence-electron chi connectivity index (χ3n) is 5.36. The standard InChI is InChI=1S/C26H24O2/c27-26(28-19-20-10-4-1-5-11-20)23-16-17-24(21-12-6-2-7-13-21)25(18-23)22-14-8-3-9-15-22/h1-15,23H,16-19H2. The largest absolute Gasteiger partial charge is 0.461 e. The lowest BCUT2D eigenvalue weighted by atomic mass is 9.78. The molecule has 140 valence electrons. The van der Waals surface area contributed by atoms with E-state index in [0.717, 1.165) is 24.8 Å². The molecule has 1 aliphatic carbocycles. The molecule has 0 spiro atoms. The van der Waals surface area contributed by atoms with Gasteiger partial charge in [0.1, 0.15) is 6.61 Å². The molecule has 4 rings (SSSR count). The van der Waals surface area contributed by atoms with Crippen LogP contribution in [0.1, 0.15) is 36.0 Å². The first kappa shape index (κ1) is 18.2. The zero-order chi connectivity index (χ0) is 19.2. The van der Waals surface area contributed by atoms with E-state index in [1.807, 2.05) is 42.5 Å². The quantitative estimate of drug-likeness (QED) is 0.506. The minimum Gasteiger partial charge on any atom is -0.461 e. The summed E-state index contributed by atoms with van der Waals surface area (Å²) >= 11 is 0. The number of hydrogen-bond acceptors (Lipinski definition) is 2. The predicted octanol–water partition coefficient (Wildman–Crippen LogP) is 6.14. The third-order valence-corrected chi connectivity index (χ3v) is 5.36. The van der Waals surface area contributed by atoms with Gasteiger partial charge in [-0.2, -0.15) is 0 Å². The van der Waals surface area contributed by atoms with Crippen molar-refractivity contribution in [1.29, 1.82) is 0 Å². The van der Waals surface area contributed by atoms with Crippen molar-refractivity contribution in [1.82, 2.24) is 0 Å². The number of allylic oxidation sites excluding steroid dienone is 2. The van der Waals surface area contributed by atoms with Crippen LogP contribution in [-0.4, -0.2) is 5.97 Å². The Kier molecular flexibility index (Phi) is 5.67. The van der Waals surface area contributed by atoms with Gasteiger partial charge in [0.15, 0.2) is 0 Å². The van der Waals surface area contributed by atoms with E-state index in [4.69, 9.17) is 4.74 Å². The molecule has 0 fully saturated rings.